The van der Waals surface area contributed by atoms with Crippen LogP contribution in [0.3, 0.4) is 0 Å². The molecule has 0 radical (unpaired) electrons. The van der Waals surface area contributed by atoms with E-state index in [1.165, 1.54) is 24.3 Å². The van der Waals surface area contributed by atoms with E-state index in [0.717, 1.165) is 17.8 Å². The highest BCUT2D eigenvalue weighted by molar-refractivity contribution is 7.98. The molecule has 21 heavy (non-hydrogen) atoms. The van der Waals surface area contributed by atoms with Gasteiger partial charge in [-0.2, -0.15) is 13.2 Å². The number of carboxylic acids is 1. The summed E-state index contributed by atoms with van der Waals surface area (Å²) in [4.78, 5) is 18.5. The minimum absolute atomic E-state index is 0.0694. The smallest absolute Gasteiger partial charge is 0.433 e. The number of alkyl halides is 3. The van der Waals surface area contributed by atoms with Crippen molar-refractivity contribution in [1.82, 2.24) is 9.97 Å². The molecule has 0 amide bonds. The SMILES string of the molecule is CSc1nc(-c2ccccc2C(=O)O)cc(C(F)(F)F)n1. The molecule has 0 spiro atoms. The summed E-state index contributed by atoms with van der Waals surface area (Å²) in [6.45, 7) is 0. The van der Waals surface area contributed by atoms with Gasteiger partial charge in [0.1, 0.15) is 5.69 Å². The van der Waals surface area contributed by atoms with Crippen LogP contribution >= 0.6 is 11.8 Å². The van der Waals surface area contributed by atoms with Crippen molar-refractivity contribution < 1.29 is 23.1 Å². The van der Waals surface area contributed by atoms with Crippen LogP contribution in [0.5, 0.6) is 0 Å². The Bertz CT molecular complexity index is 689. The van der Waals surface area contributed by atoms with Crippen molar-refractivity contribution in [2.45, 2.75) is 11.3 Å². The van der Waals surface area contributed by atoms with Gasteiger partial charge in [-0.15, -0.1) is 0 Å². The number of aromatic nitrogens is 2. The standard InChI is InChI=1S/C13H9F3N2O2S/c1-21-12-17-9(6-10(18-12)13(14,15)16)7-4-2-3-5-8(7)11(19)20/h2-6H,1H3,(H,19,20). The van der Waals surface area contributed by atoms with Crippen LogP contribution in [0.2, 0.25) is 0 Å². The predicted octanol–water partition coefficient (Wildman–Crippen LogP) is 3.58. The maximum Gasteiger partial charge on any atom is 0.433 e. The zero-order valence-electron chi connectivity index (χ0n) is 10.7. The molecular weight excluding hydrogens is 305 g/mol. The number of thioether (sulfide) groups is 1. The molecule has 1 aromatic heterocycles. The first-order valence-electron chi connectivity index (χ1n) is 5.66. The van der Waals surface area contributed by atoms with E-state index in [9.17, 15) is 18.0 Å². The van der Waals surface area contributed by atoms with E-state index in [2.05, 4.69) is 9.97 Å². The molecular formula is C13H9F3N2O2S. The van der Waals surface area contributed by atoms with Crippen LogP contribution in [0.1, 0.15) is 16.1 Å². The highest BCUT2D eigenvalue weighted by Gasteiger charge is 2.34. The second-order valence-electron chi connectivity index (χ2n) is 3.97. The van der Waals surface area contributed by atoms with Crippen molar-refractivity contribution in [3.8, 4) is 11.3 Å². The van der Waals surface area contributed by atoms with Crippen LogP contribution in [-0.2, 0) is 6.18 Å². The van der Waals surface area contributed by atoms with Crippen LogP contribution in [0.4, 0.5) is 13.2 Å². The minimum Gasteiger partial charge on any atom is -0.478 e. The summed E-state index contributed by atoms with van der Waals surface area (Å²) in [5.74, 6) is -1.23. The van der Waals surface area contributed by atoms with Crippen molar-refractivity contribution in [2.75, 3.05) is 6.26 Å². The summed E-state index contributed by atoms with van der Waals surface area (Å²) in [6, 6.07) is 6.51. The van der Waals surface area contributed by atoms with E-state index in [1.807, 2.05) is 0 Å². The lowest BCUT2D eigenvalue weighted by Crippen LogP contribution is -2.10. The first-order valence-corrected chi connectivity index (χ1v) is 6.88. The van der Waals surface area contributed by atoms with Gasteiger partial charge in [0.15, 0.2) is 5.16 Å². The van der Waals surface area contributed by atoms with Crippen molar-refractivity contribution in [1.29, 1.82) is 0 Å². The molecule has 0 aliphatic heterocycles. The van der Waals surface area contributed by atoms with E-state index < -0.39 is 17.8 Å². The Balaban J connectivity index is 2.67. The third kappa shape index (κ3) is 3.33. The third-order valence-electron chi connectivity index (χ3n) is 2.61. The van der Waals surface area contributed by atoms with Gasteiger partial charge in [-0.3, -0.25) is 0 Å². The Morgan fingerprint density at radius 2 is 1.90 bits per heavy atom. The van der Waals surface area contributed by atoms with Gasteiger partial charge < -0.3 is 5.11 Å². The lowest BCUT2D eigenvalue weighted by atomic mass is 10.0. The molecule has 1 aromatic carbocycles. The Hall–Kier alpha value is -2.09. The fourth-order valence-electron chi connectivity index (χ4n) is 1.69. The van der Waals surface area contributed by atoms with Crippen molar-refractivity contribution in [3.05, 3.63) is 41.6 Å². The number of aromatic carboxylic acids is 1. The lowest BCUT2D eigenvalue weighted by Gasteiger charge is -2.11. The Morgan fingerprint density at radius 1 is 1.24 bits per heavy atom. The van der Waals surface area contributed by atoms with Gasteiger partial charge in [-0.1, -0.05) is 30.0 Å². The Morgan fingerprint density at radius 3 is 2.48 bits per heavy atom. The lowest BCUT2D eigenvalue weighted by molar-refractivity contribution is -0.141. The highest BCUT2D eigenvalue weighted by atomic mass is 32.2. The van der Waals surface area contributed by atoms with Crippen LogP contribution in [0, 0.1) is 0 Å². The van der Waals surface area contributed by atoms with Crippen molar-refractivity contribution in [2.24, 2.45) is 0 Å². The molecule has 0 aliphatic rings. The molecule has 0 fully saturated rings. The van der Waals surface area contributed by atoms with Gasteiger partial charge in [0.2, 0.25) is 0 Å². The summed E-state index contributed by atoms with van der Waals surface area (Å²) < 4.78 is 38.5. The van der Waals surface area contributed by atoms with E-state index in [4.69, 9.17) is 5.11 Å². The first kappa shape index (κ1) is 15.3. The molecule has 0 saturated heterocycles. The Labute approximate surface area is 122 Å². The number of hydrogen-bond donors (Lipinski definition) is 1. The van der Waals surface area contributed by atoms with Crippen molar-refractivity contribution in [3.63, 3.8) is 0 Å². The molecule has 2 aromatic rings. The van der Waals surface area contributed by atoms with Gasteiger partial charge in [0, 0.05) is 5.56 Å². The van der Waals surface area contributed by atoms with Gasteiger partial charge >= 0.3 is 12.1 Å². The molecule has 0 unspecified atom stereocenters. The number of carboxylic acid groups (broad SMARTS) is 1. The maximum absolute atomic E-state index is 12.8. The van der Waals surface area contributed by atoms with E-state index >= 15 is 0 Å². The molecule has 2 rings (SSSR count). The third-order valence-corrected chi connectivity index (χ3v) is 3.16. The molecule has 1 heterocycles. The Kier molecular flexibility index (Phi) is 4.17. The molecule has 1 N–H and O–H groups in total. The molecule has 0 aliphatic carbocycles. The topological polar surface area (TPSA) is 63.1 Å². The van der Waals surface area contributed by atoms with Gasteiger partial charge in [-0.25, -0.2) is 14.8 Å². The molecule has 110 valence electrons. The summed E-state index contributed by atoms with van der Waals surface area (Å²) in [6.07, 6.45) is -3.08. The number of hydrogen-bond acceptors (Lipinski definition) is 4. The zero-order chi connectivity index (χ0) is 15.6. The predicted molar refractivity (Wildman–Crippen MR) is 71.2 cm³/mol. The zero-order valence-corrected chi connectivity index (χ0v) is 11.5. The summed E-state index contributed by atoms with van der Waals surface area (Å²) >= 11 is 0.953. The van der Waals surface area contributed by atoms with E-state index in [0.29, 0.717) is 0 Å². The number of rotatable bonds is 3. The van der Waals surface area contributed by atoms with E-state index in [-0.39, 0.29) is 22.0 Å². The van der Waals surface area contributed by atoms with Crippen LogP contribution in [0.15, 0.2) is 35.5 Å². The van der Waals surface area contributed by atoms with Gasteiger partial charge in [0.05, 0.1) is 11.3 Å². The van der Waals surface area contributed by atoms with Gasteiger partial charge in [-0.05, 0) is 18.4 Å². The van der Waals surface area contributed by atoms with Gasteiger partial charge in [0.25, 0.3) is 0 Å². The number of halogens is 3. The molecule has 0 bridgehead atoms. The normalized spacial score (nSPS) is 11.4. The average Bonchev–Trinajstić information content (AvgIpc) is 2.45. The quantitative estimate of drug-likeness (QED) is 0.693. The number of carbonyl (C=O) groups is 1. The van der Waals surface area contributed by atoms with E-state index in [1.54, 1.807) is 6.26 Å². The number of benzene rings is 1. The summed E-state index contributed by atoms with van der Waals surface area (Å²) in [5, 5.41) is 9.04. The van der Waals surface area contributed by atoms with Crippen molar-refractivity contribution >= 4 is 17.7 Å². The van der Waals surface area contributed by atoms with Crippen LogP contribution < -0.4 is 0 Å². The minimum atomic E-state index is -4.62. The fourth-order valence-corrected chi connectivity index (χ4v) is 2.07. The molecule has 0 saturated carbocycles. The first-order chi connectivity index (χ1) is 9.82. The largest absolute Gasteiger partial charge is 0.478 e. The molecule has 0 atom stereocenters. The monoisotopic (exact) mass is 314 g/mol. The van der Waals surface area contributed by atoms with Crippen LogP contribution in [0.25, 0.3) is 11.3 Å². The summed E-state index contributed by atoms with van der Waals surface area (Å²) in [5.41, 5.74) is -1.17. The maximum atomic E-state index is 12.8. The fraction of sp³-hybridized carbons (Fsp3) is 0.154. The van der Waals surface area contributed by atoms with Crippen LogP contribution in [-0.4, -0.2) is 27.3 Å². The average molecular weight is 314 g/mol. The second kappa shape index (κ2) is 5.72. The molecule has 4 nitrogen and oxygen atoms in total. The molecule has 8 heteroatoms. The summed E-state index contributed by atoms with van der Waals surface area (Å²) in [7, 11) is 0. The number of nitrogens with zero attached hydrogens (tertiary/aromatic N) is 2. The highest BCUT2D eigenvalue weighted by Crippen LogP contribution is 2.32. The second-order valence-corrected chi connectivity index (χ2v) is 4.75.